The number of carbonyl (C=O) groups excluding carboxylic acids is 2. The highest BCUT2D eigenvalue weighted by Gasteiger charge is 2.44. The van der Waals surface area contributed by atoms with Gasteiger partial charge in [-0.1, -0.05) is 31.2 Å². The van der Waals surface area contributed by atoms with E-state index in [4.69, 9.17) is 14.2 Å². The first-order valence-corrected chi connectivity index (χ1v) is 12.3. The van der Waals surface area contributed by atoms with Crippen LogP contribution in [0.1, 0.15) is 38.2 Å². The molecule has 2 aromatic rings. The summed E-state index contributed by atoms with van der Waals surface area (Å²) < 4.78 is 58.6. The number of benzene rings is 2. The minimum absolute atomic E-state index is 0.0869. The van der Waals surface area contributed by atoms with Gasteiger partial charge in [-0.05, 0) is 50.6 Å². The molecule has 1 spiro atoms. The molecule has 1 fully saturated rings. The normalized spacial score (nSPS) is 17.5. The van der Waals surface area contributed by atoms with Crippen LogP contribution in [0.25, 0.3) is 0 Å². The molecule has 2 heterocycles. The molecule has 0 amide bonds. The third-order valence-corrected chi connectivity index (χ3v) is 6.85. The third kappa shape index (κ3) is 6.74. The molecule has 1 unspecified atom stereocenters. The number of carbonyl (C=O) groups is 2. The predicted molar refractivity (Wildman–Crippen MR) is 128 cm³/mol. The highest BCUT2D eigenvalue weighted by atomic mass is 19.4. The number of alkyl halides is 3. The van der Waals surface area contributed by atoms with E-state index >= 15 is 0 Å². The van der Waals surface area contributed by atoms with E-state index in [9.17, 15) is 22.8 Å². The maximum Gasteiger partial charge on any atom is 0.491 e. The number of rotatable bonds is 9. The van der Waals surface area contributed by atoms with Crippen molar-refractivity contribution in [3.63, 3.8) is 0 Å². The van der Waals surface area contributed by atoms with Crippen LogP contribution in [0.4, 0.5) is 13.2 Å². The molecular weight excluding hydrogens is 491 g/mol. The molecular formula is C27H30F3NO6. The Morgan fingerprint density at radius 3 is 2.49 bits per heavy atom. The highest BCUT2D eigenvalue weighted by Crippen LogP contribution is 2.46. The van der Waals surface area contributed by atoms with Crippen LogP contribution in [-0.4, -0.2) is 62.0 Å². The minimum atomic E-state index is -5.18. The van der Waals surface area contributed by atoms with Gasteiger partial charge in [0.2, 0.25) is 0 Å². The lowest BCUT2D eigenvalue weighted by atomic mass is 9.74. The summed E-state index contributed by atoms with van der Waals surface area (Å²) in [5.74, 6) is -1.36. The summed E-state index contributed by atoms with van der Waals surface area (Å²) in [6.45, 7) is 4.51. The molecule has 0 radical (unpaired) electrons. The number of fused-ring (bicyclic) bond motifs is 2. The Morgan fingerprint density at radius 1 is 1.08 bits per heavy atom. The van der Waals surface area contributed by atoms with Crippen LogP contribution >= 0.6 is 0 Å². The van der Waals surface area contributed by atoms with Crippen LogP contribution < -0.4 is 14.2 Å². The number of nitrogens with zero attached hydrogens (tertiary/aromatic N) is 1. The monoisotopic (exact) mass is 521 g/mol. The van der Waals surface area contributed by atoms with Crippen LogP contribution in [0.2, 0.25) is 0 Å². The quantitative estimate of drug-likeness (QED) is 0.351. The summed E-state index contributed by atoms with van der Waals surface area (Å²) in [7, 11) is 0. The summed E-state index contributed by atoms with van der Waals surface area (Å²) in [5, 5.41) is 0. The fourth-order valence-corrected chi connectivity index (χ4v) is 4.64. The van der Waals surface area contributed by atoms with Crippen molar-refractivity contribution in [2.24, 2.45) is 0 Å². The number of halogens is 3. The van der Waals surface area contributed by atoms with E-state index < -0.39 is 18.1 Å². The molecule has 0 aromatic heterocycles. The smallest absolute Gasteiger partial charge is 0.491 e. The molecule has 2 aliphatic heterocycles. The Hall–Kier alpha value is -3.27. The lowest BCUT2D eigenvalue weighted by molar-refractivity contribution is -0.201. The second-order valence-electron chi connectivity index (χ2n) is 9.35. The summed E-state index contributed by atoms with van der Waals surface area (Å²) in [4.78, 5) is 24.4. The Morgan fingerprint density at radius 2 is 1.81 bits per heavy atom. The molecule has 2 aromatic carbocycles. The molecule has 1 saturated heterocycles. The number of likely N-dealkylation sites (tertiary alicyclic amines) is 1. The fourth-order valence-electron chi connectivity index (χ4n) is 4.64. The van der Waals surface area contributed by atoms with Crippen molar-refractivity contribution in [1.29, 1.82) is 0 Å². The molecule has 0 bridgehead atoms. The van der Waals surface area contributed by atoms with Gasteiger partial charge in [0.1, 0.15) is 30.0 Å². The highest BCUT2D eigenvalue weighted by molar-refractivity contribution is 5.88. The predicted octanol–water partition coefficient (Wildman–Crippen LogP) is 4.67. The molecule has 37 heavy (non-hydrogen) atoms. The molecule has 200 valence electrons. The Balaban J connectivity index is 1.26. The van der Waals surface area contributed by atoms with E-state index in [1.54, 1.807) is 0 Å². The van der Waals surface area contributed by atoms with Gasteiger partial charge in [-0.2, -0.15) is 13.2 Å². The number of piperidine rings is 1. The maximum atomic E-state index is 12.2. The molecule has 1 atom stereocenters. The van der Waals surface area contributed by atoms with E-state index in [-0.39, 0.29) is 24.5 Å². The molecule has 0 N–H and O–H groups in total. The van der Waals surface area contributed by atoms with Gasteiger partial charge >= 0.3 is 18.1 Å². The van der Waals surface area contributed by atoms with Crippen molar-refractivity contribution in [3.05, 3.63) is 54.1 Å². The maximum absolute atomic E-state index is 12.2. The number of para-hydroxylation sites is 1. The van der Waals surface area contributed by atoms with Gasteiger partial charge in [-0.3, -0.25) is 4.79 Å². The van der Waals surface area contributed by atoms with Crippen molar-refractivity contribution < 1.29 is 41.7 Å². The molecule has 7 nitrogen and oxygen atoms in total. The molecule has 0 saturated carbocycles. The van der Waals surface area contributed by atoms with E-state index in [0.29, 0.717) is 32.1 Å². The Bertz CT molecular complexity index is 1080. The second-order valence-corrected chi connectivity index (χ2v) is 9.35. The van der Waals surface area contributed by atoms with Crippen LogP contribution in [0.15, 0.2) is 48.5 Å². The van der Waals surface area contributed by atoms with E-state index in [0.717, 1.165) is 36.3 Å². The van der Waals surface area contributed by atoms with Crippen molar-refractivity contribution in [2.45, 2.75) is 50.3 Å². The first-order chi connectivity index (χ1) is 17.7. The van der Waals surface area contributed by atoms with Gasteiger partial charge in [0.05, 0.1) is 13.0 Å². The van der Waals surface area contributed by atoms with Crippen LogP contribution in [0, 0.1) is 0 Å². The zero-order chi connectivity index (χ0) is 26.5. The number of hydrogen-bond donors (Lipinski definition) is 0. The minimum Gasteiger partial charge on any atom is -0.492 e. The SMILES string of the molecule is CCC(COc1ccc2c(c1)OCC21CCN(CCC(=O)OC(=O)C(F)(F)F)CC1)Oc1ccccc1. The second kappa shape index (κ2) is 11.4. The molecule has 4 rings (SSSR count). The lowest BCUT2D eigenvalue weighted by Gasteiger charge is -2.38. The van der Waals surface area contributed by atoms with E-state index in [1.165, 1.54) is 0 Å². The standard InChI is InChI=1S/C27H30F3NO6/c1-2-19(36-20-6-4-3-5-7-20)17-34-21-8-9-22-23(16-21)35-18-26(22)11-14-31(15-12-26)13-10-24(32)37-25(33)27(28,29)30/h3-9,16,19H,2,10-15,17-18H2,1H3. The van der Waals surface area contributed by atoms with E-state index in [2.05, 4.69) is 4.74 Å². The third-order valence-electron chi connectivity index (χ3n) is 6.85. The first kappa shape index (κ1) is 26.8. The van der Waals surface area contributed by atoms with Gasteiger partial charge in [-0.25, -0.2) is 4.79 Å². The Labute approximate surface area is 213 Å². The molecule has 0 aliphatic carbocycles. The number of hydrogen-bond acceptors (Lipinski definition) is 7. The number of esters is 2. The van der Waals surface area contributed by atoms with Gasteiger partial charge < -0.3 is 23.8 Å². The van der Waals surface area contributed by atoms with Gasteiger partial charge in [0.25, 0.3) is 0 Å². The van der Waals surface area contributed by atoms with E-state index in [1.807, 2.05) is 60.4 Å². The average molecular weight is 522 g/mol. The fraction of sp³-hybridized carbons (Fsp3) is 0.481. The van der Waals surface area contributed by atoms with Crippen LogP contribution in [-0.2, 0) is 19.7 Å². The first-order valence-electron chi connectivity index (χ1n) is 12.3. The van der Waals surface area contributed by atoms with Crippen molar-refractivity contribution in [3.8, 4) is 17.2 Å². The van der Waals surface area contributed by atoms with Crippen molar-refractivity contribution in [2.75, 3.05) is 32.8 Å². The molecule has 10 heteroatoms. The van der Waals surface area contributed by atoms with Gasteiger partial charge in [0, 0.05) is 23.6 Å². The molecule has 2 aliphatic rings. The van der Waals surface area contributed by atoms with Crippen LogP contribution in [0.5, 0.6) is 17.2 Å². The van der Waals surface area contributed by atoms with Crippen LogP contribution in [0.3, 0.4) is 0 Å². The summed E-state index contributed by atoms with van der Waals surface area (Å²) >= 11 is 0. The largest absolute Gasteiger partial charge is 0.492 e. The Kier molecular flexibility index (Phi) is 8.26. The zero-order valence-corrected chi connectivity index (χ0v) is 20.6. The van der Waals surface area contributed by atoms with Gasteiger partial charge in [-0.15, -0.1) is 0 Å². The average Bonchev–Trinajstić information content (AvgIpc) is 3.23. The van der Waals surface area contributed by atoms with Crippen molar-refractivity contribution in [1.82, 2.24) is 4.90 Å². The lowest BCUT2D eigenvalue weighted by Crippen LogP contribution is -2.44. The number of ether oxygens (including phenoxy) is 4. The zero-order valence-electron chi connectivity index (χ0n) is 20.6. The summed E-state index contributed by atoms with van der Waals surface area (Å²) in [6, 6.07) is 15.5. The summed E-state index contributed by atoms with van der Waals surface area (Å²) in [6.07, 6.45) is -3.20. The topological polar surface area (TPSA) is 74.3 Å². The summed E-state index contributed by atoms with van der Waals surface area (Å²) in [5.41, 5.74) is 0.960. The van der Waals surface area contributed by atoms with Gasteiger partial charge in [0.15, 0.2) is 0 Å². The van der Waals surface area contributed by atoms with Crippen molar-refractivity contribution >= 4 is 11.9 Å².